The molecule has 0 heterocycles. The quantitative estimate of drug-likeness (QED) is 0.819. The van der Waals surface area contributed by atoms with Crippen LogP contribution in [0, 0.1) is 12.3 Å². The molecule has 1 atom stereocenters. The first kappa shape index (κ1) is 15.6. The molecular weight excluding hydrogens is 238 g/mol. The molecule has 1 rings (SSSR count). The fourth-order valence-corrected chi connectivity index (χ4v) is 1.45. The topological polar surface area (TPSA) is 44.5 Å². The summed E-state index contributed by atoms with van der Waals surface area (Å²) < 4.78 is 10.6. The first-order chi connectivity index (χ1) is 7.67. The fourth-order valence-electron chi connectivity index (χ4n) is 1.45. The summed E-state index contributed by atoms with van der Waals surface area (Å²) in [5.41, 5.74) is 6.86. The number of rotatable bonds is 5. The Kier molecular flexibility index (Phi) is 7.20. The summed E-state index contributed by atoms with van der Waals surface area (Å²) in [6, 6.07) is 5.88. The van der Waals surface area contributed by atoms with Crippen molar-refractivity contribution < 1.29 is 9.47 Å². The van der Waals surface area contributed by atoms with Crippen LogP contribution in [0.4, 0.5) is 0 Å². The highest BCUT2D eigenvalue weighted by Gasteiger charge is 2.06. The third-order valence-corrected chi connectivity index (χ3v) is 2.10. The minimum atomic E-state index is 0. The summed E-state index contributed by atoms with van der Waals surface area (Å²) >= 11 is 0. The van der Waals surface area contributed by atoms with Crippen LogP contribution in [-0.2, 0) is 6.42 Å². The molecule has 1 aromatic carbocycles. The number of hydrogen-bond donors (Lipinski definition) is 1. The highest BCUT2D eigenvalue weighted by atomic mass is 35.5. The third kappa shape index (κ3) is 4.99. The molecule has 3 nitrogen and oxygen atoms in total. The molecule has 0 aliphatic heterocycles. The lowest BCUT2D eigenvalue weighted by Gasteiger charge is -2.11. The first-order valence-electron chi connectivity index (χ1n) is 5.16. The van der Waals surface area contributed by atoms with Gasteiger partial charge in [-0.3, -0.25) is 0 Å². The Hall–Kier alpha value is -1.37. The minimum absolute atomic E-state index is 0. The molecule has 0 saturated heterocycles. The summed E-state index contributed by atoms with van der Waals surface area (Å²) in [7, 11) is 1.60. The van der Waals surface area contributed by atoms with Gasteiger partial charge in [-0.05, 0) is 31.0 Å². The van der Waals surface area contributed by atoms with E-state index in [1.807, 2.05) is 25.1 Å². The maximum absolute atomic E-state index is 5.74. The van der Waals surface area contributed by atoms with Gasteiger partial charge in [0, 0.05) is 6.04 Å². The summed E-state index contributed by atoms with van der Waals surface area (Å²) in [6.45, 7) is 2.21. The van der Waals surface area contributed by atoms with E-state index in [0.717, 1.165) is 12.0 Å². The van der Waals surface area contributed by atoms with Crippen LogP contribution in [0.25, 0.3) is 0 Å². The maximum atomic E-state index is 5.74. The van der Waals surface area contributed by atoms with Crippen LogP contribution in [-0.4, -0.2) is 19.8 Å². The molecule has 0 fully saturated rings. The van der Waals surface area contributed by atoms with Crippen molar-refractivity contribution in [3.05, 3.63) is 23.8 Å². The Morgan fingerprint density at radius 1 is 1.41 bits per heavy atom. The third-order valence-electron chi connectivity index (χ3n) is 2.10. The van der Waals surface area contributed by atoms with E-state index < -0.39 is 0 Å². The first-order valence-corrected chi connectivity index (χ1v) is 5.16. The van der Waals surface area contributed by atoms with Crippen LogP contribution in [0.3, 0.4) is 0 Å². The molecule has 17 heavy (non-hydrogen) atoms. The second-order valence-electron chi connectivity index (χ2n) is 3.66. The standard InChI is InChI=1S/C13H17NO2.ClH/c1-4-7-16-12-6-5-11(8-10(2)14)9-13(12)15-3;/h1,5-6,9-10H,7-8,14H2,2-3H3;1H. The van der Waals surface area contributed by atoms with Gasteiger partial charge in [0.2, 0.25) is 0 Å². The van der Waals surface area contributed by atoms with Crippen LogP contribution in [0.15, 0.2) is 18.2 Å². The molecule has 0 spiro atoms. The summed E-state index contributed by atoms with van der Waals surface area (Å²) in [5, 5.41) is 0. The Morgan fingerprint density at radius 3 is 2.65 bits per heavy atom. The van der Waals surface area contributed by atoms with Gasteiger partial charge in [-0.2, -0.15) is 0 Å². The highest BCUT2D eigenvalue weighted by molar-refractivity contribution is 5.85. The molecule has 0 aromatic heterocycles. The van der Waals surface area contributed by atoms with E-state index in [4.69, 9.17) is 21.6 Å². The number of ether oxygens (including phenoxy) is 2. The minimum Gasteiger partial charge on any atom is -0.493 e. The van der Waals surface area contributed by atoms with Crippen molar-refractivity contribution in [2.45, 2.75) is 19.4 Å². The number of halogens is 1. The Morgan fingerprint density at radius 2 is 2.12 bits per heavy atom. The van der Waals surface area contributed by atoms with E-state index >= 15 is 0 Å². The molecule has 0 bridgehead atoms. The second kappa shape index (κ2) is 7.83. The van der Waals surface area contributed by atoms with Gasteiger partial charge in [-0.15, -0.1) is 18.8 Å². The van der Waals surface area contributed by atoms with Crippen molar-refractivity contribution in [3.8, 4) is 23.8 Å². The molecule has 94 valence electrons. The smallest absolute Gasteiger partial charge is 0.162 e. The van der Waals surface area contributed by atoms with Gasteiger partial charge >= 0.3 is 0 Å². The van der Waals surface area contributed by atoms with E-state index in [9.17, 15) is 0 Å². The molecule has 4 heteroatoms. The summed E-state index contributed by atoms with van der Waals surface area (Å²) in [4.78, 5) is 0. The predicted octanol–water partition coefficient (Wildman–Crippen LogP) is 2.02. The zero-order chi connectivity index (χ0) is 12.0. The molecular formula is C13H18ClNO2. The van der Waals surface area contributed by atoms with Gasteiger partial charge < -0.3 is 15.2 Å². The number of methoxy groups -OCH3 is 1. The van der Waals surface area contributed by atoms with E-state index in [0.29, 0.717) is 11.5 Å². The number of terminal acetylenes is 1. The summed E-state index contributed by atoms with van der Waals surface area (Å²) in [5.74, 6) is 3.77. The van der Waals surface area contributed by atoms with Gasteiger partial charge in [0.25, 0.3) is 0 Å². The highest BCUT2D eigenvalue weighted by Crippen LogP contribution is 2.28. The van der Waals surface area contributed by atoms with Crippen LogP contribution in [0.2, 0.25) is 0 Å². The molecule has 1 unspecified atom stereocenters. The van der Waals surface area contributed by atoms with Crippen molar-refractivity contribution >= 4 is 12.4 Å². The lowest BCUT2D eigenvalue weighted by atomic mass is 10.1. The van der Waals surface area contributed by atoms with Crippen molar-refractivity contribution in [1.29, 1.82) is 0 Å². The number of benzene rings is 1. The molecule has 0 amide bonds. The lowest BCUT2D eigenvalue weighted by molar-refractivity contribution is 0.330. The summed E-state index contributed by atoms with van der Waals surface area (Å²) in [6.07, 6.45) is 5.94. The van der Waals surface area contributed by atoms with E-state index in [2.05, 4.69) is 5.92 Å². The second-order valence-corrected chi connectivity index (χ2v) is 3.66. The molecule has 0 radical (unpaired) electrons. The van der Waals surface area contributed by atoms with Gasteiger partial charge in [-0.1, -0.05) is 12.0 Å². The monoisotopic (exact) mass is 255 g/mol. The molecule has 1 aromatic rings. The number of hydrogen-bond acceptors (Lipinski definition) is 3. The average molecular weight is 256 g/mol. The average Bonchev–Trinajstić information content (AvgIpc) is 2.26. The molecule has 0 aliphatic rings. The Labute approximate surface area is 109 Å². The van der Waals surface area contributed by atoms with Gasteiger partial charge in [0.1, 0.15) is 6.61 Å². The van der Waals surface area contributed by atoms with Crippen molar-refractivity contribution in [1.82, 2.24) is 0 Å². The fraction of sp³-hybridized carbons (Fsp3) is 0.385. The largest absolute Gasteiger partial charge is 0.493 e. The maximum Gasteiger partial charge on any atom is 0.162 e. The van der Waals surface area contributed by atoms with Crippen LogP contribution >= 0.6 is 12.4 Å². The SMILES string of the molecule is C#CCOc1ccc(CC(C)N)cc1OC.Cl. The van der Waals surface area contributed by atoms with Crippen molar-refractivity contribution in [3.63, 3.8) is 0 Å². The zero-order valence-corrected chi connectivity index (χ0v) is 10.9. The van der Waals surface area contributed by atoms with Gasteiger partial charge in [0.15, 0.2) is 11.5 Å². The molecule has 2 N–H and O–H groups in total. The van der Waals surface area contributed by atoms with E-state index in [1.54, 1.807) is 7.11 Å². The van der Waals surface area contributed by atoms with Crippen LogP contribution < -0.4 is 15.2 Å². The molecule has 0 aliphatic carbocycles. The van der Waals surface area contributed by atoms with Gasteiger partial charge in [-0.25, -0.2) is 0 Å². The van der Waals surface area contributed by atoms with Crippen LogP contribution in [0.1, 0.15) is 12.5 Å². The van der Waals surface area contributed by atoms with Crippen molar-refractivity contribution in [2.75, 3.05) is 13.7 Å². The normalized spacial score (nSPS) is 10.9. The zero-order valence-electron chi connectivity index (χ0n) is 10.1. The Balaban J connectivity index is 0.00000256. The van der Waals surface area contributed by atoms with E-state index in [1.165, 1.54) is 0 Å². The van der Waals surface area contributed by atoms with Crippen LogP contribution in [0.5, 0.6) is 11.5 Å². The molecule has 0 saturated carbocycles. The number of nitrogens with two attached hydrogens (primary N) is 1. The predicted molar refractivity (Wildman–Crippen MR) is 71.9 cm³/mol. The lowest BCUT2D eigenvalue weighted by Crippen LogP contribution is -2.17. The Bertz CT molecular complexity index is 385. The van der Waals surface area contributed by atoms with Crippen molar-refractivity contribution in [2.24, 2.45) is 5.73 Å². The van der Waals surface area contributed by atoms with Gasteiger partial charge in [0.05, 0.1) is 7.11 Å². The van der Waals surface area contributed by atoms with E-state index in [-0.39, 0.29) is 25.1 Å².